The van der Waals surface area contributed by atoms with Crippen LogP contribution >= 0.6 is 11.7 Å². The molecule has 0 radical (unpaired) electrons. The molecule has 5 rings (SSSR count). The van der Waals surface area contributed by atoms with Crippen molar-refractivity contribution in [3.63, 3.8) is 0 Å². The number of hydrogen-bond acceptors (Lipinski definition) is 5. The number of nitrogens with zero attached hydrogens (tertiary/aromatic N) is 4. The van der Waals surface area contributed by atoms with Gasteiger partial charge in [-0.25, -0.2) is 0 Å². The van der Waals surface area contributed by atoms with Crippen LogP contribution in [0.1, 0.15) is 36.2 Å². The molecule has 148 valence electrons. The Labute approximate surface area is 174 Å². The average Bonchev–Trinajstić information content (AvgIpc) is 3.47. The average molecular weight is 405 g/mol. The number of rotatable bonds is 6. The Bertz CT molecular complexity index is 1210. The van der Waals surface area contributed by atoms with Crippen molar-refractivity contribution in [3.05, 3.63) is 47.7 Å². The lowest BCUT2D eigenvalue weighted by Gasteiger charge is -2.19. The molecule has 2 heterocycles. The number of likely N-dealkylation sites (N-methyl/N-ethyl adjacent to an activating group) is 1. The predicted molar refractivity (Wildman–Crippen MR) is 119 cm³/mol. The van der Waals surface area contributed by atoms with Crippen molar-refractivity contribution >= 4 is 39.3 Å². The Morgan fingerprint density at radius 1 is 1.10 bits per heavy atom. The lowest BCUT2D eigenvalue weighted by atomic mass is 10.0. The smallest absolute Gasteiger partial charge is 0.163 e. The quantitative estimate of drug-likeness (QED) is 0.464. The summed E-state index contributed by atoms with van der Waals surface area (Å²) in [6.07, 6.45) is 3.28. The van der Waals surface area contributed by atoms with E-state index < -0.39 is 0 Å². The highest BCUT2D eigenvalue weighted by Gasteiger charge is 2.25. The summed E-state index contributed by atoms with van der Waals surface area (Å²) in [7, 11) is 0. The van der Waals surface area contributed by atoms with Crippen LogP contribution in [0.25, 0.3) is 33.1 Å². The summed E-state index contributed by atoms with van der Waals surface area (Å²) in [5, 5.41) is 2.46. The summed E-state index contributed by atoms with van der Waals surface area (Å²) >= 11 is 1.23. The molecule has 0 spiro atoms. The van der Waals surface area contributed by atoms with Crippen LogP contribution in [0.4, 0.5) is 0 Å². The fraction of sp³-hybridized carbons (Fsp3) is 0.348. The molecule has 0 fully saturated rings. The van der Waals surface area contributed by atoms with Crippen molar-refractivity contribution in [2.45, 2.75) is 33.2 Å². The number of hydrogen-bond donors (Lipinski definition) is 0. The van der Waals surface area contributed by atoms with Crippen LogP contribution < -0.4 is 0 Å². The molecule has 0 aliphatic heterocycles. The lowest BCUT2D eigenvalue weighted by Crippen LogP contribution is -2.26. The van der Waals surface area contributed by atoms with Gasteiger partial charge in [-0.05, 0) is 49.3 Å². The van der Waals surface area contributed by atoms with Crippen LogP contribution in [0.15, 0.2) is 36.5 Å². The molecule has 0 atom stereocenters. The van der Waals surface area contributed by atoms with Crippen LogP contribution in [-0.2, 0) is 13.0 Å². The molecule has 0 saturated heterocycles. The summed E-state index contributed by atoms with van der Waals surface area (Å²) in [5.41, 5.74) is 6.57. The predicted octanol–water partition coefficient (Wildman–Crippen LogP) is 4.78. The van der Waals surface area contributed by atoms with Gasteiger partial charge in [-0.2, -0.15) is 8.75 Å². The Morgan fingerprint density at radius 2 is 1.93 bits per heavy atom. The first kappa shape index (κ1) is 18.5. The monoisotopic (exact) mass is 404 g/mol. The van der Waals surface area contributed by atoms with Gasteiger partial charge in [0, 0.05) is 52.4 Å². The SMILES string of the molecule is CCN(CC)CCn1c2ccc(-c3cnsn3)cc2c2c3c(ccc21)C(=O)CC3. The molecule has 0 unspecified atom stereocenters. The topological polar surface area (TPSA) is 51.0 Å². The highest BCUT2D eigenvalue weighted by molar-refractivity contribution is 6.99. The maximum absolute atomic E-state index is 12.4. The number of carbonyl (C=O) groups excluding carboxylic acids is 1. The molecule has 6 heteroatoms. The van der Waals surface area contributed by atoms with Gasteiger partial charge in [0.25, 0.3) is 0 Å². The minimum Gasteiger partial charge on any atom is -0.339 e. The lowest BCUT2D eigenvalue weighted by molar-refractivity contribution is 0.0994. The molecule has 0 bridgehead atoms. The first-order valence-electron chi connectivity index (χ1n) is 10.3. The normalized spacial score (nSPS) is 13.8. The maximum Gasteiger partial charge on any atom is 0.163 e. The van der Waals surface area contributed by atoms with Gasteiger partial charge in [-0.1, -0.05) is 19.9 Å². The molecule has 0 saturated carbocycles. The van der Waals surface area contributed by atoms with Gasteiger partial charge in [0.05, 0.1) is 17.9 Å². The van der Waals surface area contributed by atoms with Gasteiger partial charge in [0.2, 0.25) is 0 Å². The zero-order valence-corrected chi connectivity index (χ0v) is 17.6. The maximum atomic E-state index is 12.4. The third-order valence-electron chi connectivity index (χ3n) is 6.23. The van der Waals surface area contributed by atoms with Crippen LogP contribution in [-0.4, -0.2) is 43.6 Å². The van der Waals surface area contributed by atoms with E-state index in [4.69, 9.17) is 0 Å². The van der Waals surface area contributed by atoms with Crippen LogP contribution in [0.2, 0.25) is 0 Å². The number of benzene rings is 2. The van der Waals surface area contributed by atoms with E-state index in [0.717, 1.165) is 49.4 Å². The minimum atomic E-state index is 0.269. The molecule has 0 N–H and O–H groups in total. The Hall–Kier alpha value is -2.57. The zero-order chi connectivity index (χ0) is 20.0. The van der Waals surface area contributed by atoms with Crippen LogP contribution in [0.3, 0.4) is 0 Å². The van der Waals surface area contributed by atoms with E-state index >= 15 is 0 Å². The molecule has 2 aromatic heterocycles. The summed E-state index contributed by atoms with van der Waals surface area (Å²) < 4.78 is 11.0. The van der Waals surface area contributed by atoms with E-state index in [1.807, 2.05) is 12.3 Å². The van der Waals surface area contributed by atoms with Crippen molar-refractivity contribution < 1.29 is 4.79 Å². The number of Topliss-reactive ketones (excluding diaryl/α,β-unsaturated/α-hetero) is 1. The molecule has 4 aromatic rings. The molecular weight excluding hydrogens is 380 g/mol. The van der Waals surface area contributed by atoms with Crippen molar-refractivity contribution in [2.75, 3.05) is 19.6 Å². The second-order valence-electron chi connectivity index (χ2n) is 7.61. The van der Waals surface area contributed by atoms with Gasteiger partial charge in [-0.15, -0.1) is 0 Å². The third kappa shape index (κ3) is 2.98. The standard InChI is InChI=1S/C23H24N4OS/c1-3-26(4-2)11-12-27-20-8-5-15(19-14-24-29-25-19)13-18(20)23-17-7-10-22(28)16(17)6-9-21(23)27/h5-6,8-9,13-14H,3-4,7,10-12H2,1-2H3. The molecule has 1 aliphatic rings. The Kier molecular flexibility index (Phi) is 4.68. The molecule has 29 heavy (non-hydrogen) atoms. The van der Waals surface area contributed by atoms with Gasteiger partial charge < -0.3 is 9.47 Å². The highest BCUT2D eigenvalue weighted by Crippen LogP contribution is 2.38. The van der Waals surface area contributed by atoms with Crippen LogP contribution in [0, 0.1) is 0 Å². The van der Waals surface area contributed by atoms with Crippen molar-refractivity contribution in [3.8, 4) is 11.3 Å². The van der Waals surface area contributed by atoms with E-state index in [9.17, 15) is 4.79 Å². The zero-order valence-electron chi connectivity index (χ0n) is 16.8. The number of aryl methyl sites for hydroxylation is 1. The summed E-state index contributed by atoms with van der Waals surface area (Å²) in [4.78, 5) is 14.8. The van der Waals surface area contributed by atoms with Crippen molar-refractivity contribution in [2.24, 2.45) is 0 Å². The third-order valence-corrected chi connectivity index (χ3v) is 6.71. The van der Waals surface area contributed by atoms with Gasteiger partial charge in [0.15, 0.2) is 5.78 Å². The summed E-state index contributed by atoms with van der Waals surface area (Å²) in [5.74, 6) is 0.269. The van der Waals surface area contributed by atoms with Crippen LogP contribution in [0.5, 0.6) is 0 Å². The van der Waals surface area contributed by atoms with Crippen molar-refractivity contribution in [1.29, 1.82) is 0 Å². The number of carbonyl (C=O) groups is 1. The fourth-order valence-electron chi connectivity index (χ4n) is 4.63. The Balaban J connectivity index is 1.74. The van der Waals surface area contributed by atoms with Gasteiger partial charge in [0.1, 0.15) is 5.69 Å². The molecule has 0 amide bonds. The molecular formula is C23H24N4OS. The van der Waals surface area contributed by atoms with E-state index in [1.54, 1.807) is 0 Å². The summed E-state index contributed by atoms with van der Waals surface area (Å²) in [6.45, 7) is 8.48. The second-order valence-corrected chi connectivity index (χ2v) is 8.17. The molecule has 1 aliphatic carbocycles. The largest absolute Gasteiger partial charge is 0.339 e. The summed E-state index contributed by atoms with van der Waals surface area (Å²) in [6, 6.07) is 10.7. The van der Waals surface area contributed by atoms with Crippen molar-refractivity contribution in [1.82, 2.24) is 18.2 Å². The first-order chi connectivity index (χ1) is 14.2. The highest BCUT2D eigenvalue weighted by atomic mass is 32.1. The molecule has 5 nitrogen and oxygen atoms in total. The van der Waals surface area contributed by atoms with Gasteiger partial charge in [-0.3, -0.25) is 4.79 Å². The second kappa shape index (κ2) is 7.35. The Morgan fingerprint density at radius 3 is 2.69 bits per heavy atom. The molecule has 2 aromatic carbocycles. The van der Waals surface area contributed by atoms with E-state index in [1.165, 1.54) is 39.1 Å². The van der Waals surface area contributed by atoms with E-state index in [2.05, 4.69) is 56.3 Å². The number of fused-ring (bicyclic) bond motifs is 5. The number of aromatic nitrogens is 3. The minimum absolute atomic E-state index is 0.269. The first-order valence-corrected chi connectivity index (χ1v) is 11.1. The fourth-order valence-corrected chi connectivity index (χ4v) is 5.06. The number of ketones is 1. The van der Waals surface area contributed by atoms with Gasteiger partial charge >= 0.3 is 0 Å². The van der Waals surface area contributed by atoms with E-state index in [0.29, 0.717) is 6.42 Å². The van der Waals surface area contributed by atoms with E-state index in [-0.39, 0.29) is 5.78 Å².